The highest BCUT2D eigenvalue weighted by molar-refractivity contribution is 7.91. The Morgan fingerprint density at radius 3 is 2.53 bits per heavy atom. The van der Waals surface area contributed by atoms with Gasteiger partial charge in [-0.05, 0) is 25.7 Å². The van der Waals surface area contributed by atoms with Gasteiger partial charge in [0, 0.05) is 24.5 Å². The summed E-state index contributed by atoms with van der Waals surface area (Å²) in [6, 6.07) is 0.349. The molecule has 19 heavy (non-hydrogen) atoms. The minimum absolute atomic E-state index is 0.0266. The molecule has 0 bridgehead atoms. The smallest absolute Gasteiger partial charge is 0.293 e. The second-order valence-corrected chi connectivity index (χ2v) is 7.59. The van der Waals surface area contributed by atoms with Crippen LogP contribution in [0.5, 0.6) is 0 Å². The standard InChI is InChI=1S/C12H17N3O3S/c16-12-11(13-5-6-15(12)10-1-2-10)14-9-3-7-19(17,18)8-4-9/h5-6,9-10H,1-4,7-8H2,(H,13,14). The van der Waals surface area contributed by atoms with Crippen molar-refractivity contribution >= 4 is 15.7 Å². The maximum Gasteiger partial charge on any atom is 0.293 e. The van der Waals surface area contributed by atoms with E-state index < -0.39 is 9.84 Å². The molecule has 6 nitrogen and oxygen atoms in total. The lowest BCUT2D eigenvalue weighted by molar-refractivity contribution is 0.558. The van der Waals surface area contributed by atoms with E-state index >= 15 is 0 Å². The van der Waals surface area contributed by atoms with Crippen molar-refractivity contribution in [2.24, 2.45) is 0 Å². The maximum atomic E-state index is 12.2. The summed E-state index contributed by atoms with van der Waals surface area (Å²) in [6.45, 7) is 0. The van der Waals surface area contributed by atoms with Crippen molar-refractivity contribution in [3.8, 4) is 0 Å². The normalized spacial score (nSPS) is 23.2. The molecule has 0 spiro atoms. The molecule has 104 valence electrons. The third kappa shape index (κ3) is 2.80. The van der Waals surface area contributed by atoms with Crippen LogP contribution < -0.4 is 10.9 Å². The summed E-state index contributed by atoms with van der Waals surface area (Å²) >= 11 is 0. The van der Waals surface area contributed by atoms with Crippen molar-refractivity contribution in [3.63, 3.8) is 0 Å². The largest absolute Gasteiger partial charge is 0.363 e. The van der Waals surface area contributed by atoms with Gasteiger partial charge in [0.05, 0.1) is 11.5 Å². The van der Waals surface area contributed by atoms with Crippen molar-refractivity contribution in [1.29, 1.82) is 0 Å². The van der Waals surface area contributed by atoms with Crippen LogP contribution in [0.4, 0.5) is 5.82 Å². The quantitative estimate of drug-likeness (QED) is 0.877. The molecule has 2 heterocycles. The molecule has 0 amide bonds. The second-order valence-electron chi connectivity index (χ2n) is 5.29. The van der Waals surface area contributed by atoms with Crippen LogP contribution in [0.25, 0.3) is 0 Å². The molecule has 7 heteroatoms. The van der Waals surface area contributed by atoms with E-state index in [2.05, 4.69) is 10.3 Å². The minimum Gasteiger partial charge on any atom is -0.363 e. The van der Waals surface area contributed by atoms with E-state index in [0.717, 1.165) is 12.8 Å². The van der Waals surface area contributed by atoms with Crippen molar-refractivity contribution in [1.82, 2.24) is 9.55 Å². The van der Waals surface area contributed by atoms with Gasteiger partial charge in [-0.3, -0.25) is 4.79 Å². The number of nitrogens with zero attached hydrogens (tertiary/aromatic N) is 2. The van der Waals surface area contributed by atoms with Crippen LogP contribution >= 0.6 is 0 Å². The Hall–Kier alpha value is -1.37. The Kier molecular flexibility index (Phi) is 3.08. The first-order chi connectivity index (χ1) is 9.05. The summed E-state index contributed by atoms with van der Waals surface area (Å²) in [7, 11) is -2.87. The van der Waals surface area contributed by atoms with Gasteiger partial charge in [0.2, 0.25) is 0 Å². The molecule has 1 aliphatic heterocycles. The molecule has 1 aromatic heterocycles. The molecule has 0 aromatic carbocycles. The van der Waals surface area contributed by atoms with E-state index in [1.165, 1.54) is 0 Å². The van der Waals surface area contributed by atoms with E-state index in [4.69, 9.17) is 0 Å². The summed E-state index contributed by atoms with van der Waals surface area (Å²) in [4.78, 5) is 16.3. The summed E-state index contributed by atoms with van der Waals surface area (Å²) < 4.78 is 24.4. The zero-order valence-corrected chi connectivity index (χ0v) is 11.4. The van der Waals surface area contributed by atoms with Crippen molar-refractivity contribution < 1.29 is 8.42 Å². The van der Waals surface area contributed by atoms with Gasteiger partial charge in [0.15, 0.2) is 5.82 Å². The summed E-state index contributed by atoms with van der Waals surface area (Å²) in [5.41, 5.74) is -0.0987. The van der Waals surface area contributed by atoms with Gasteiger partial charge in [-0.15, -0.1) is 0 Å². The molecular weight excluding hydrogens is 266 g/mol. The minimum atomic E-state index is -2.87. The zero-order chi connectivity index (χ0) is 13.5. The molecule has 1 N–H and O–H groups in total. The van der Waals surface area contributed by atoms with E-state index in [0.29, 0.717) is 24.7 Å². The van der Waals surface area contributed by atoms with E-state index in [-0.39, 0.29) is 23.1 Å². The van der Waals surface area contributed by atoms with Crippen molar-refractivity contribution in [2.45, 2.75) is 37.8 Å². The van der Waals surface area contributed by atoms with Crippen LogP contribution in [0.2, 0.25) is 0 Å². The number of aromatic nitrogens is 2. The number of hydrogen-bond acceptors (Lipinski definition) is 5. The first kappa shape index (κ1) is 12.7. The molecule has 2 fully saturated rings. The highest BCUT2D eigenvalue weighted by Crippen LogP contribution is 2.33. The van der Waals surface area contributed by atoms with Gasteiger partial charge in [-0.1, -0.05) is 0 Å². The number of nitrogens with one attached hydrogen (secondary N) is 1. The fourth-order valence-electron chi connectivity index (χ4n) is 2.39. The Morgan fingerprint density at radius 1 is 1.21 bits per heavy atom. The number of hydrogen-bond donors (Lipinski definition) is 1. The van der Waals surface area contributed by atoms with Crippen LogP contribution in [-0.4, -0.2) is 35.5 Å². The lowest BCUT2D eigenvalue weighted by atomic mass is 10.1. The molecule has 2 aliphatic rings. The first-order valence-corrected chi connectivity index (χ1v) is 8.41. The zero-order valence-electron chi connectivity index (χ0n) is 10.6. The Bertz CT molecular complexity index is 620. The fourth-order valence-corrected chi connectivity index (χ4v) is 3.88. The summed E-state index contributed by atoms with van der Waals surface area (Å²) in [5, 5.41) is 3.10. The van der Waals surface area contributed by atoms with Crippen LogP contribution in [0.1, 0.15) is 31.7 Å². The lowest BCUT2D eigenvalue weighted by Crippen LogP contribution is -2.35. The van der Waals surface area contributed by atoms with Crippen molar-refractivity contribution in [2.75, 3.05) is 16.8 Å². The molecule has 1 aliphatic carbocycles. The second kappa shape index (κ2) is 4.63. The third-order valence-corrected chi connectivity index (χ3v) is 5.42. The highest BCUT2D eigenvalue weighted by atomic mass is 32.2. The van der Waals surface area contributed by atoms with Gasteiger partial charge in [0.25, 0.3) is 5.56 Å². The van der Waals surface area contributed by atoms with Crippen LogP contribution in [-0.2, 0) is 9.84 Å². The SMILES string of the molecule is O=c1c(NC2CCS(=O)(=O)CC2)nccn1C1CC1. The average Bonchev–Trinajstić information content (AvgIpc) is 3.18. The Balaban J connectivity index is 1.74. The predicted octanol–water partition coefficient (Wildman–Crippen LogP) is 0.567. The third-order valence-electron chi connectivity index (χ3n) is 3.70. The number of anilines is 1. The van der Waals surface area contributed by atoms with Gasteiger partial charge >= 0.3 is 0 Å². The van der Waals surface area contributed by atoms with Gasteiger partial charge in [-0.25, -0.2) is 13.4 Å². The van der Waals surface area contributed by atoms with E-state index in [9.17, 15) is 13.2 Å². The van der Waals surface area contributed by atoms with Crippen LogP contribution in [0.3, 0.4) is 0 Å². The van der Waals surface area contributed by atoms with Crippen LogP contribution in [0.15, 0.2) is 17.2 Å². The number of rotatable bonds is 3. The van der Waals surface area contributed by atoms with Gasteiger partial charge < -0.3 is 9.88 Å². The van der Waals surface area contributed by atoms with E-state index in [1.807, 2.05) is 0 Å². The molecule has 3 rings (SSSR count). The fraction of sp³-hybridized carbons (Fsp3) is 0.667. The lowest BCUT2D eigenvalue weighted by Gasteiger charge is -2.23. The van der Waals surface area contributed by atoms with Gasteiger partial charge in [-0.2, -0.15) is 0 Å². The molecule has 0 atom stereocenters. The molecule has 0 unspecified atom stereocenters. The van der Waals surface area contributed by atoms with E-state index in [1.54, 1.807) is 17.0 Å². The average molecular weight is 283 g/mol. The molecule has 0 radical (unpaired) electrons. The maximum absolute atomic E-state index is 12.2. The predicted molar refractivity (Wildman–Crippen MR) is 72.1 cm³/mol. The molecule has 1 saturated heterocycles. The number of sulfone groups is 1. The Morgan fingerprint density at radius 2 is 1.89 bits per heavy atom. The molecule has 1 saturated carbocycles. The molecular formula is C12H17N3O3S. The molecule has 1 aromatic rings. The highest BCUT2D eigenvalue weighted by Gasteiger charge is 2.27. The Labute approximate surface area is 111 Å². The monoisotopic (exact) mass is 283 g/mol. The topological polar surface area (TPSA) is 81.1 Å². The first-order valence-electron chi connectivity index (χ1n) is 6.59. The summed E-state index contributed by atoms with van der Waals surface area (Å²) in [6.07, 6.45) is 6.53. The summed E-state index contributed by atoms with van der Waals surface area (Å²) in [5.74, 6) is 0.724. The van der Waals surface area contributed by atoms with Crippen LogP contribution in [0, 0.1) is 0 Å². The van der Waals surface area contributed by atoms with Gasteiger partial charge in [0.1, 0.15) is 9.84 Å². The van der Waals surface area contributed by atoms with Crippen molar-refractivity contribution in [3.05, 3.63) is 22.7 Å².